The second-order valence-corrected chi connectivity index (χ2v) is 8.97. The molecule has 6 rings (SSSR count). The summed E-state index contributed by atoms with van der Waals surface area (Å²) < 4.78 is 13.6. The van der Waals surface area contributed by atoms with Gasteiger partial charge in [0.2, 0.25) is 5.91 Å². The summed E-state index contributed by atoms with van der Waals surface area (Å²) in [6.07, 6.45) is 5.39. The number of halogens is 1. The van der Waals surface area contributed by atoms with Crippen molar-refractivity contribution in [3.8, 4) is 33.1 Å². The fourth-order valence-corrected chi connectivity index (χ4v) is 4.74. The summed E-state index contributed by atoms with van der Waals surface area (Å²) in [5, 5.41) is 11.0. The number of hydrogen-bond acceptors (Lipinski definition) is 6. The third-order valence-corrected chi connectivity index (χ3v) is 6.58. The number of H-pyrrole nitrogens is 2. The number of amides is 1. The molecule has 172 valence electrons. The summed E-state index contributed by atoms with van der Waals surface area (Å²) in [7, 11) is 0. The fraction of sp³-hybridized carbons (Fsp3) is 0.0800. The molecule has 0 unspecified atom stereocenters. The second kappa shape index (κ2) is 8.41. The van der Waals surface area contributed by atoms with E-state index in [1.54, 1.807) is 31.6 Å². The summed E-state index contributed by atoms with van der Waals surface area (Å²) in [6.45, 7) is 1.80. The first-order valence-electron chi connectivity index (χ1n) is 10.9. The van der Waals surface area contributed by atoms with Crippen molar-refractivity contribution in [2.24, 2.45) is 0 Å². The van der Waals surface area contributed by atoms with Crippen molar-refractivity contribution in [2.45, 2.75) is 13.3 Å². The molecule has 0 aliphatic carbocycles. The zero-order valence-corrected chi connectivity index (χ0v) is 19.3. The number of carbonyl (C=O) groups is 1. The van der Waals surface area contributed by atoms with E-state index >= 15 is 0 Å². The molecular weight excluding hydrogens is 465 g/mol. The number of fused-ring (bicyclic) bond motifs is 2. The molecule has 6 aromatic rings. The second-order valence-electron chi connectivity index (χ2n) is 7.94. The van der Waals surface area contributed by atoms with Gasteiger partial charge in [-0.3, -0.25) is 14.9 Å². The number of nitrogens with one attached hydrogen (secondary N) is 3. The molecule has 0 radical (unpaired) electrons. The van der Waals surface area contributed by atoms with Crippen LogP contribution in [0.15, 0.2) is 61.1 Å². The largest absolute Gasteiger partial charge is 0.338 e. The van der Waals surface area contributed by atoms with Gasteiger partial charge in [-0.1, -0.05) is 6.92 Å². The predicted molar refractivity (Wildman–Crippen MR) is 134 cm³/mol. The highest BCUT2D eigenvalue weighted by Crippen LogP contribution is 2.35. The summed E-state index contributed by atoms with van der Waals surface area (Å²) in [5.41, 5.74) is 6.51. The maximum atomic E-state index is 13.6. The van der Waals surface area contributed by atoms with Crippen LogP contribution in [-0.2, 0) is 4.79 Å². The quantitative estimate of drug-likeness (QED) is 0.288. The molecule has 1 amide bonds. The average molecular weight is 484 g/mol. The van der Waals surface area contributed by atoms with Crippen molar-refractivity contribution in [1.29, 1.82) is 0 Å². The van der Waals surface area contributed by atoms with Crippen molar-refractivity contribution >= 4 is 45.0 Å². The highest BCUT2D eigenvalue weighted by atomic mass is 32.1. The topological polar surface area (TPSA) is 112 Å². The SMILES string of the molecule is CCC(=O)Nc1cncc(-c2ccc3[nH]nc(-c4cc5c(-c6ccc(F)s6)ccnc5[nH]4)c3n2)c1. The van der Waals surface area contributed by atoms with E-state index in [0.29, 0.717) is 34.7 Å². The van der Waals surface area contributed by atoms with Crippen molar-refractivity contribution in [3.05, 3.63) is 66.2 Å². The first-order chi connectivity index (χ1) is 17.1. The van der Waals surface area contributed by atoms with Gasteiger partial charge in [-0.25, -0.2) is 9.97 Å². The first-order valence-corrected chi connectivity index (χ1v) is 11.7. The minimum Gasteiger partial charge on any atom is -0.338 e. The molecule has 8 nitrogen and oxygen atoms in total. The maximum Gasteiger partial charge on any atom is 0.224 e. The molecule has 0 saturated carbocycles. The summed E-state index contributed by atoms with van der Waals surface area (Å²) in [6, 6.07) is 12.7. The molecule has 0 spiro atoms. The van der Waals surface area contributed by atoms with Crippen molar-refractivity contribution < 1.29 is 9.18 Å². The van der Waals surface area contributed by atoms with Crippen molar-refractivity contribution in [2.75, 3.05) is 5.32 Å². The molecule has 3 N–H and O–H groups in total. The third-order valence-electron chi connectivity index (χ3n) is 5.67. The number of carbonyl (C=O) groups excluding carboxylic acids is 1. The van der Waals surface area contributed by atoms with Crippen LogP contribution in [0, 0.1) is 5.13 Å². The Morgan fingerprint density at radius 1 is 1.14 bits per heavy atom. The van der Waals surface area contributed by atoms with Crippen LogP contribution in [0.5, 0.6) is 0 Å². The molecule has 0 saturated heterocycles. The van der Waals surface area contributed by atoms with Crippen LogP contribution in [0.1, 0.15) is 13.3 Å². The Morgan fingerprint density at radius 3 is 2.89 bits per heavy atom. The maximum absolute atomic E-state index is 13.6. The van der Waals surface area contributed by atoms with Gasteiger partial charge in [0.05, 0.1) is 28.8 Å². The highest BCUT2D eigenvalue weighted by Gasteiger charge is 2.17. The molecule has 0 aliphatic rings. The smallest absolute Gasteiger partial charge is 0.224 e. The van der Waals surface area contributed by atoms with E-state index in [9.17, 15) is 9.18 Å². The van der Waals surface area contributed by atoms with Crippen molar-refractivity contribution in [1.82, 2.24) is 30.1 Å². The average Bonchev–Trinajstić information content (AvgIpc) is 3.61. The summed E-state index contributed by atoms with van der Waals surface area (Å²) in [5.74, 6) is -0.0819. The Morgan fingerprint density at radius 2 is 2.06 bits per heavy atom. The standard InChI is InChI=1S/C25H18FN7OS/c1-2-22(34)29-14-9-13(11-27-12-14)17-3-4-18-23(30-17)24(33-32-18)19-10-16-15(7-8-28-25(16)31-19)20-5-6-21(26)35-20/h3-12H,2H2,1H3,(H,28,31)(H,29,34)(H,32,33). The van der Waals surface area contributed by atoms with Crippen LogP contribution in [0.2, 0.25) is 0 Å². The molecule has 6 aromatic heterocycles. The van der Waals surface area contributed by atoms with Crippen LogP contribution in [0.25, 0.3) is 55.2 Å². The zero-order valence-electron chi connectivity index (χ0n) is 18.5. The first kappa shape index (κ1) is 21.1. The monoisotopic (exact) mass is 483 g/mol. The lowest BCUT2D eigenvalue weighted by Gasteiger charge is -2.06. The van der Waals surface area contributed by atoms with E-state index in [4.69, 9.17) is 4.98 Å². The molecule has 0 aliphatic heterocycles. The Labute approximate surface area is 202 Å². The van der Waals surface area contributed by atoms with Gasteiger partial charge in [0.15, 0.2) is 5.13 Å². The predicted octanol–water partition coefficient (Wildman–Crippen LogP) is 5.78. The van der Waals surface area contributed by atoms with Gasteiger partial charge >= 0.3 is 0 Å². The zero-order chi connectivity index (χ0) is 23.9. The van der Waals surface area contributed by atoms with Gasteiger partial charge in [-0.05, 0) is 42.5 Å². The number of hydrogen-bond donors (Lipinski definition) is 3. The normalized spacial score (nSPS) is 11.4. The van der Waals surface area contributed by atoms with Crippen LogP contribution >= 0.6 is 11.3 Å². The number of aromatic nitrogens is 6. The molecule has 35 heavy (non-hydrogen) atoms. The van der Waals surface area contributed by atoms with Gasteiger partial charge in [0.1, 0.15) is 16.9 Å². The molecule has 6 heterocycles. The number of anilines is 1. The lowest BCUT2D eigenvalue weighted by molar-refractivity contribution is -0.115. The Balaban J connectivity index is 1.43. The van der Waals surface area contributed by atoms with E-state index in [1.807, 2.05) is 30.3 Å². The fourth-order valence-electron chi connectivity index (χ4n) is 3.97. The van der Waals surface area contributed by atoms with Crippen LogP contribution in [0.3, 0.4) is 0 Å². The molecule has 0 bridgehead atoms. The minimum absolute atomic E-state index is 0.0819. The van der Waals surface area contributed by atoms with Gasteiger partial charge in [-0.15, -0.1) is 11.3 Å². The van der Waals surface area contributed by atoms with Crippen LogP contribution in [0.4, 0.5) is 10.1 Å². The van der Waals surface area contributed by atoms with Gasteiger partial charge < -0.3 is 10.3 Å². The summed E-state index contributed by atoms with van der Waals surface area (Å²) >= 11 is 1.10. The van der Waals surface area contributed by atoms with Gasteiger partial charge in [0, 0.05) is 40.2 Å². The van der Waals surface area contributed by atoms with Crippen LogP contribution < -0.4 is 5.32 Å². The lowest BCUT2D eigenvalue weighted by Crippen LogP contribution is -2.09. The third kappa shape index (κ3) is 3.83. The van der Waals surface area contributed by atoms with Gasteiger partial charge in [-0.2, -0.15) is 9.49 Å². The Kier molecular flexibility index (Phi) is 5.07. The minimum atomic E-state index is -0.233. The van der Waals surface area contributed by atoms with E-state index in [1.165, 1.54) is 6.07 Å². The molecular formula is C25H18FN7OS. The van der Waals surface area contributed by atoms with E-state index in [-0.39, 0.29) is 11.0 Å². The Bertz CT molecular complexity index is 1720. The Hall–Kier alpha value is -4.44. The molecule has 10 heteroatoms. The van der Waals surface area contributed by atoms with E-state index < -0.39 is 0 Å². The molecule has 0 aromatic carbocycles. The number of rotatable bonds is 5. The number of nitrogens with zero attached hydrogens (tertiary/aromatic N) is 4. The summed E-state index contributed by atoms with van der Waals surface area (Å²) in [4.78, 5) is 29.5. The molecule has 0 atom stereocenters. The van der Waals surface area contributed by atoms with Crippen molar-refractivity contribution in [3.63, 3.8) is 0 Å². The van der Waals surface area contributed by atoms with Crippen LogP contribution in [-0.4, -0.2) is 36.0 Å². The van der Waals surface area contributed by atoms with E-state index in [0.717, 1.165) is 43.9 Å². The highest BCUT2D eigenvalue weighted by molar-refractivity contribution is 7.14. The molecule has 0 fully saturated rings. The lowest BCUT2D eigenvalue weighted by atomic mass is 10.1. The number of pyridine rings is 3. The van der Waals surface area contributed by atoms with Gasteiger partial charge in [0.25, 0.3) is 0 Å². The van der Waals surface area contributed by atoms with E-state index in [2.05, 4.69) is 30.5 Å². The number of aromatic amines is 2. The number of thiophene rings is 1.